The number of anilines is 1. The molecule has 7 rings (SSSR count). The van der Waals surface area contributed by atoms with E-state index in [4.69, 9.17) is 30.5 Å². The Morgan fingerprint density at radius 2 is 1.96 bits per heavy atom. The lowest BCUT2D eigenvalue weighted by molar-refractivity contribution is -0.149. The minimum Gasteiger partial charge on any atom is -0.493 e. The fourth-order valence-corrected chi connectivity index (χ4v) is 10.2. The Morgan fingerprint density at radius 3 is 2.70 bits per heavy atom. The van der Waals surface area contributed by atoms with Crippen LogP contribution in [0.15, 0.2) is 48.7 Å². The Balaban J connectivity index is 1.14. The van der Waals surface area contributed by atoms with Crippen LogP contribution in [0.25, 0.3) is 0 Å². The third-order valence-corrected chi connectivity index (χ3v) is 13.0. The molecule has 9 nitrogen and oxygen atoms in total. The third kappa shape index (κ3) is 9.28. The van der Waals surface area contributed by atoms with Crippen molar-refractivity contribution in [3.8, 4) is 17.2 Å². The van der Waals surface area contributed by atoms with Gasteiger partial charge >= 0.3 is 12.1 Å². The van der Waals surface area contributed by atoms with Gasteiger partial charge in [0.2, 0.25) is 0 Å². The number of hydrogen-bond donors (Lipinski definition) is 2. The molecule has 57 heavy (non-hydrogen) atoms. The van der Waals surface area contributed by atoms with Gasteiger partial charge in [-0.2, -0.15) is 13.2 Å². The van der Waals surface area contributed by atoms with Crippen LogP contribution in [0.5, 0.6) is 17.2 Å². The predicted molar refractivity (Wildman–Crippen MR) is 213 cm³/mol. The number of hydrogen-bond acceptors (Lipinski definition) is 8. The zero-order valence-corrected chi connectivity index (χ0v) is 33.9. The van der Waals surface area contributed by atoms with E-state index in [1.165, 1.54) is 17.6 Å². The fraction of sp³-hybridized carbons (Fsp3) is 0.591. The van der Waals surface area contributed by atoms with Gasteiger partial charge in [0.1, 0.15) is 24.0 Å². The summed E-state index contributed by atoms with van der Waals surface area (Å²) in [5, 5.41) is 14.6. The molecule has 2 N–H and O–H groups in total. The molecular weight excluding hydrogens is 759 g/mol. The number of halogens is 4. The summed E-state index contributed by atoms with van der Waals surface area (Å²) in [4.78, 5) is 19.1. The standard InChI is InChI=1S/C44H55ClF3N3O6/c1-28(25-55-37-11-16-49-36-10-4-7-29(2)40(36)37)19-31-20-30-21-38-39(57-34(26-56-38)24-51(17-6-18-54-3)27-44(46,47)48)23-35(30)42(31)12-14-43(15-13-42,41(52)53)50-33-9-5-8-32(45)22-33/h5,8-9,11,16,21-23,28-29,31,34,50H,4,6-7,10,12-15,17-20,24-27H2,1-3H3,(H,52,53)/t28-,29-,31+,34+,42?,43?/m1/s1. The monoisotopic (exact) mass is 813 g/mol. The fourth-order valence-electron chi connectivity index (χ4n) is 10.0. The lowest BCUT2D eigenvalue weighted by atomic mass is 9.59. The lowest BCUT2D eigenvalue weighted by Gasteiger charge is -2.47. The van der Waals surface area contributed by atoms with Crippen LogP contribution in [0, 0.1) is 11.8 Å². The molecule has 4 aliphatic rings. The number of carbonyl (C=O) groups is 1. The Kier molecular flexibility index (Phi) is 12.5. The average molecular weight is 814 g/mol. The summed E-state index contributed by atoms with van der Waals surface area (Å²) >= 11 is 6.29. The van der Waals surface area contributed by atoms with Crippen LogP contribution >= 0.6 is 11.6 Å². The first-order valence-corrected chi connectivity index (χ1v) is 20.8. The number of alkyl halides is 3. The largest absolute Gasteiger partial charge is 0.493 e. The van der Waals surface area contributed by atoms with Crippen LogP contribution in [0.2, 0.25) is 5.02 Å². The lowest BCUT2D eigenvalue weighted by Crippen LogP contribution is -2.53. The Labute approximate surface area is 338 Å². The molecule has 0 bridgehead atoms. The topological polar surface area (TPSA) is 102 Å². The van der Waals surface area contributed by atoms with E-state index in [1.54, 1.807) is 18.2 Å². The third-order valence-electron chi connectivity index (χ3n) is 12.8. The number of nitrogens with one attached hydrogen (secondary N) is 1. The highest BCUT2D eigenvalue weighted by molar-refractivity contribution is 6.30. The summed E-state index contributed by atoms with van der Waals surface area (Å²) in [6, 6.07) is 13.2. The molecule has 1 fully saturated rings. The average Bonchev–Trinajstić information content (AvgIpc) is 3.44. The number of aryl methyl sites for hydroxylation is 1. The number of aromatic nitrogens is 1. The van der Waals surface area contributed by atoms with Crippen molar-refractivity contribution in [3.05, 3.63) is 76.1 Å². The summed E-state index contributed by atoms with van der Waals surface area (Å²) in [5.41, 5.74) is 3.76. The summed E-state index contributed by atoms with van der Waals surface area (Å²) in [6.45, 7) is 4.74. The molecule has 2 aromatic carbocycles. The minimum atomic E-state index is -4.35. The van der Waals surface area contributed by atoms with E-state index in [9.17, 15) is 23.1 Å². The highest BCUT2D eigenvalue weighted by atomic mass is 35.5. The molecule has 4 atom stereocenters. The molecule has 1 saturated carbocycles. The minimum absolute atomic E-state index is 0.0563. The van der Waals surface area contributed by atoms with E-state index in [1.807, 2.05) is 30.5 Å². The molecule has 0 radical (unpaired) electrons. The second-order valence-electron chi connectivity index (χ2n) is 16.9. The van der Waals surface area contributed by atoms with Crippen molar-refractivity contribution in [1.29, 1.82) is 0 Å². The second-order valence-corrected chi connectivity index (χ2v) is 17.3. The van der Waals surface area contributed by atoms with Gasteiger partial charge in [-0.05, 0) is 135 Å². The number of aliphatic carboxylic acids is 1. The van der Waals surface area contributed by atoms with E-state index in [-0.39, 0.29) is 36.9 Å². The number of methoxy groups -OCH3 is 1. The van der Waals surface area contributed by atoms with Crippen LogP contribution in [0.1, 0.15) is 93.5 Å². The maximum atomic E-state index is 13.5. The van der Waals surface area contributed by atoms with Crippen LogP contribution < -0.4 is 19.5 Å². The number of carboxylic acid groups (broad SMARTS) is 1. The molecule has 3 aromatic rings. The van der Waals surface area contributed by atoms with Gasteiger partial charge < -0.3 is 29.4 Å². The van der Waals surface area contributed by atoms with Gasteiger partial charge in [-0.25, -0.2) is 4.79 Å². The highest BCUT2D eigenvalue weighted by Crippen LogP contribution is 2.58. The smallest absolute Gasteiger partial charge is 0.401 e. The van der Waals surface area contributed by atoms with E-state index >= 15 is 0 Å². The molecule has 1 spiro atoms. The van der Waals surface area contributed by atoms with Gasteiger partial charge in [0.15, 0.2) is 11.5 Å². The van der Waals surface area contributed by atoms with Crippen molar-refractivity contribution in [2.75, 3.05) is 51.9 Å². The molecule has 0 amide bonds. The Bertz CT molecular complexity index is 1890. The van der Waals surface area contributed by atoms with Crippen LogP contribution in [0.3, 0.4) is 0 Å². The van der Waals surface area contributed by atoms with Crippen molar-refractivity contribution in [2.24, 2.45) is 11.8 Å². The van der Waals surface area contributed by atoms with Crippen molar-refractivity contribution in [1.82, 2.24) is 9.88 Å². The summed E-state index contributed by atoms with van der Waals surface area (Å²) < 4.78 is 65.0. The maximum absolute atomic E-state index is 13.5. The second kappa shape index (κ2) is 17.2. The number of pyridine rings is 1. The van der Waals surface area contributed by atoms with E-state index in [0.717, 1.165) is 54.7 Å². The van der Waals surface area contributed by atoms with Crippen LogP contribution in [0.4, 0.5) is 18.9 Å². The van der Waals surface area contributed by atoms with Gasteiger partial charge in [-0.3, -0.25) is 9.88 Å². The molecule has 3 aliphatic carbocycles. The molecule has 310 valence electrons. The summed E-state index contributed by atoms with van der Waals surface area (Å²) in [6.07, 6.45) is 4.26. The molecule has 13 heteroatoms. The quantitative estimate of drug-likeness (QED) is 0.146. The van der Waals surface area contributed by atoms with Crippen LogP contribution in [-0.4, -0.2) is 85.3 Å². The van der Waals surface area contributed by atoms with Crippen molar-refractivity contribution in [2.45, 2.75) is 107 Å². The Hall–Kier alpha value is -3.74. The normalized spacial score (nSPS) is 25.9. The number of benzene rings is 2. The van der Waals surface area contributed by atoms with E-state index in [0.29, 0.717) is 73.4 Å². The number of carboxylic acids is 1. The summed E-state index contributed by atoms with van der Waals surface area (Å²) in [5.74, 6) is 1.92. The predicted octanol–water partition coefficient (Wildman–Crippen LogP) is 9.24. The SMILES string of the molecule is COCCCN(C[C@H]1COc2cc3c(cc2O1)C1(CCC(Nc2cccc(Cl)c2)(C(=O)O)CC1)[C@@H](C[C@@H](C)COc1ccnc2c1[C@H](C)CCC2)C3)CC(F)(F)F. The molecule has 0 unspecified atom stereocenters. The van der Waals surface area contributed by atoms with Gasteiger partial charge in [-0.15, -0.1) is 0 Å². The molecule has 0 saturated heterocycles. The van der Waals surface area contributed by atoms with Gasteiger partial charge in [0.25, 0.3) is 0 Å². The van der Waals surface area contributed by atoms with Gasteiger partial charge in [-0.1, -0.05) is 31.5 Å². The van der Waals surface area contributed by atoms with E-state index < -0.39 is 30.3 Å². The van der Waals surface area contributed by atoms with Crippen LogP contribution in [-0.2, 0) is 27.8 Å². The van der Waals surface area contributed by atoms with Crippen molar-refractivity contribution in [3.63, 3.8) is 0 Å². The molecular formula is C44H55ClF3N3O6. The zero-order valence-electron chi connectivity index (χ0n) is 33.1. The van der Waals surface area contributed by atoms with Crippen molar-refractivity contribution < 1.29 is 42.0 Å². The van der Waals surface area contributed by atoms with Gasteiger partial charge in [0.05, 0.1) is 13.2 Å². The maximum Gasteiger partial charge on any atom is 0.401 e. The first-order valence-electron chi connectivity index (χ1n) is 20.4. The van der Waals surface area contributed by atoms with Crippen molar-refractivity contribution >= 4 is 23.3 Å². The van der Waals surface area contributed by atoms with E-state index in [2.05, 4.69) is 24.1 Å². The first kappa shape index (κ1) is 41.4. The Morgan fingerprint density at radius 1 is 1.16 bits per heavy atom. The number of ether oxygens (including phenoxy) is 4. The highest BCUT2D eigenvalue weighted by Gasteiger charge is 2.54. The van der Waals surface area contributed by atoms with Gasteiger partial charge in [0, 0.05) is 55.0 Å². The number of rotatable bonds is 15. The molecule has 1 aliphatic heterocycles. The molecule has 2 heterocycles. The molecule has 1 aromatic heterocycles. The zero-order chi connectivity index (χ0) is 40.4. The first-order chi connectivity index (χ1) is 27.3. The number of nitrogens with zero attached hydrogens (tertiary/aromatic N) is 2. The summed E-state index contributed by atoms with van der Waals surface area (Å²) in [7, 11) is 1.53. The number of fused-ring (bicyclic) bond motifs is 4.